The molecular formula is C26H30N6O2. The highest BCUT2D eigenvalue weighted by atomic mass is 16.2. The van der Waals surface area contributed by atoms with E-state index in [0.29, 0.717) is 29.3 Å². The van der Waals surface area contributed by atoms with Crippen LogP contribution in [0.25, 0.3) is 0 Å². The van der Waals surface area contributed by atoms with Gasteiger partial charge in [0, 0.05) is 29.9 Å². The summed E-state index contributed by atoms with van der Waals surface area (Å²) in [4.78, 5) is 35.9. The lowest BCUT2D eigenvalue weighted by Crippen LogP contribution is -2.33. The van der Waals surface area contributed by atoms with Gasteiger partial charge in [0.25, 0.3) is 11.8 Å². The van der Waals surface area contributed by atoms with Crippen LogP contribution in [0.5, 0.6) is 0 Å². The fourth-order valence-corrected chi connectivity index (χ4v) is 4.09. The molecule has 3 N–H and O–H groups in total. The molecule has 8 heteroatoms. The Labute approximate surface area is 199 Å². The van der Waals surface area contributed by atoms with Crippen molar-refractivity contribution in [2.45, 2.75) is 26.7 Å². The van der Waals surface area contributed by atoms with Crippen molar-refractivity contribution in [3.8, 4) is 0 Å². The van der Waals surface area contributed by atoms with E-state index >= 15 is 0 Å². The van der Waals surface area contributed by atoms with Gasteiger partial charge in [0.2, 0.25) is 5.95 Å². The highest BCUT2D eigenvalue weighted by molar-refractivity contribution is 6.06. The van der Waals surface area contributed by atoms with Gasteiger partial charge in [-0.3, -0.25) is 9.59 Å². The van der Waals surface area contributed by atoms with Crippen LogP contribution >= 0.6 is 0 Å². The third-order valence-corrected chi connectivity index (χ3v) is 5.93. The predicted octanol–water partition coefficient (Wildman–Crippen LogP) is 3.91. The number of hydrogen-bond acceptors (Lipinski definition) is 6. The highest BCUT2D eigenvalue weighted by Gasteiger charge is 2.13. The Hall–Kier alpha value is -3.78. The summed E-state index contributed by atoms with van der Waals surface area (Å²) in [5.41, 5.74) is 4.38. The molecule has 1 aliphatic heterocycles. The molecule has 0 spiro atoms. The summed E-state index contributed by atoms with van der Waals surface area (Å²) < 4.78 is 0. The van der Waals surface area contributed by atoms with Crippen LogP contribution in [0.15, 0.2) is 54.9 Å². The summed E-state index contributed by atoms with van der Waals surface area (Å²) >= 11 is 0. The molecule has 1 aliphatic rings. The minimum Gasteiger partial charge on any atom is -0.351 e. The van der Waals surface area contributed by atoms with E-state index in [1.807, 2.05) is 44.2 Å². The molecule has 0 atom stereocenters. The smallest absolute Gasteiger partial charge is 0.256 e. The van der Waals surface area contributed by atoms with Crippen LogP contribution in [0.2, 0.25) is 0 Å². The quantitative estimate of drug-likeness (QED) is 0.473. The molecule has 0 unspecified atom stereocenters. The Morgan fingerprint density at radius 2 is 1.53 bits per heavy atom. The van der Waals surface area contributed by atoms with Gasteiger partial charge >= 0.3 is 0 Å². The molecule has 1 aromatic heterocycles. The summed E-state index contributed by atoms with van der Waals surface area (Å²) in [5.74, 6) is 0.132. The van der Waals surface area contributed by atoms with Crippen LogP contribution in [-0.4, -0.2) is 52.9 Å². The molecule has 0 saturated carbocycles. The second-order valence-electron chi connectivity index (χ2n) is 8.52. The monoisotopic (exact) mass is 458 g/mol. The van der Waals surface area contributed by atoms with Crippen molar-refractivity contribution in [2.75, 3.05) is 36.8 Å². The average Bonchev–Trinajstić information content (AvgIpc) is 3.34. The number of carbonyl (C=O) groups excluding carboxylic acids is 2. The number of hydrogen-bond donors (Lipinski definition) is 3. The molecule has 2 heterocycles. The summed E-state index contributed by atoms with van der Waals surface area (Å²) in [7, 11) is 0. The van der Waals surface area contributed by atoms with Gasteiger partial charge in [-0.05, 0) is 75.2 Å². The van der Waals surface area contributed by atoms with Crippen molar-refractivity contribution >= 4 is 29.1 Å². The zero-order valence-corrected chi connectivity index (χ0v) is 19.6. The Morgan fingerprint density at radius 3 is 2.18 bits per heavy atom. The molecule has 8 nitrogen and oxygen atoms in total. The van der Waals surface area contributed by atoms with E-state index in [0.717, 1.165) is 36.4 Å². The largest absolute Gasteiger partial charge is 0.351 e. The first-order valence-corrected chi connectivity index (χ1v) is 11.6. The second kappa shape index (κ2) is 10.9. The Balaban J connectivity index is 1.29. The molecule has 176 valence electrons. The minimum absolute atomic E-state index is 0.0778. The number of aromatic nitrogens is 2. The molecular weight excluding hydrogens is 428 g/mol. The number of aryl methyl sites for hydroxylation is 2. The first kappa shape index (κ1) is 23.4. The van der Waals surface area contributed by atoms with E-state index in [1.54, 1.807) is 24.5 Å². The Kier molecular flexibility index (Phi) is 7.49. The van der Waals surface area contributed by atoms with E-state index in [2.05, 4.69) is 30.8 Å². The summed E-state index contributed by atoms with van der Waals surface area (Å²) in [6.07, 6.45) is 5.61. The molecule has 0 radical (unpaired) electrons. The van der Waals surface area contributed by atoms with Crippen LogP contribution in [-0.2, 0) is 0 Å². The topological polar surface area (TPSA) is 99.2 Å². The molecule has 34 heavy (non-hydrogen) atoms. The third kappa shape index (κ3) is 5.96. The molecule has 1 saturated heterocycles. The van der Waals surface area contributed by atoms with Crippen LogP contribution in [0.3, 0.4) is 0 Å². The molecule has 1 fully saturated rings. The Morgan fingerprint density at radius 1 is 0.882 bits per heavy atom. The van der Waals surface area contributed by atoms with E-state index in [1.165, 1.54) is 12.8 Å². The zero-order chi connectivity index (χ0) is 23.9. The molecule has 0 bridgehead atoms. The number of benzene rings is 2. The van der Waals surface area contributed by atoms with Crippen molar-refractivity contribution < 1.29 is 9.59 Å². The van der Waals surface area contributed by atoms with E-state index in [9.17, 15) is 9.59 Å². The normalized spacial score (nSPS) is 13.5. The fraction of sp³-hybridized carbons (Fsp3) is 0.308. The average molecular weight is 459 g/mol. The number of nitrogens with zero attached hydrogens (tertiary/aromatic N) is 3. The lowest BCUT2D eigenvalue weighted by molar-refractivity contribution is 0.0949. The van der Waals surface area contributed by atoms with Crippen LogP contribution < -0.4 is 16.0 Å². The van der Waals surface area contributed by atoms with E-state index < -0.39 is 0 Å². The highest BCUT2D eigenvalue weighted by Crippen LogP contribution is 2.18. The fourth-order valence-electron chi connectivity index (χ4n) is 4.09. The molecule has 2 aromatic carbocycles. The lowest BCUT2D eigenvalue weighted by Gasteiger charge is -2.14. The van der Waals surface area contributed by atoms with Crippen molar-refractivity contribution in [2.24, 2.45) is 0 Å². The van der Waals surface area contributed by atoms with Gasteiger partial charge < -0.3 is 20.9 Å². The number of amides is 2. The summed E-state index contributed by atoms with van der Waals surface area (Å²) in [6, 6.07) is 12.9. The van der Waals surface area contributed by atoms with E-state index in [-0.39, 0.29) is 11.8 Å². The molecule has 0 aliphatic carbocycles. The summed E-state index contributed by atoms with van der Waals surface area (Å²) in [6.45, 7) is 7.61. The minimum atomic E-state index is -0.186. The van der Waals surface area contributed by atoms with E-state index in [4.69, 9.17) is 0 Å². The van der Waals surface area contributed by atoms with Gasteiger partial charge in [-0.2, -0.15) is 0 Å². The van der Waals surface area contributed by atoms with Gasteiger partial charge in [0.15, 0.2) is 0 Å². The molecule has 4 rings (SSSR count). The maximum absolute atomic E-state index is 12.6. The standard InChI is InChI=1S/C26H30N6O2/c1-18-6-5-7-19(2)23(18)25(34)30-22-16-28-26(29-17-22)31-21-10-8-20(9-11-21)24(33)27-12-15-32-13-3-4-14-32/h5-11,16-17H,3-4,12-15H2,1-2H3,(H,27,33)(H,30,34)(H,28,29,31). The van der Waals surface area contributed by atoms with Crippen molar-refractivity contribution in [3.63, 3.8) is 0 Å². The zero-order valence-electron chi connectivity index (χ0n) is 19.6. The molecule has 2 amide bonds. The SMILES string of the molecule is Cc1cccc(C)c1C(=O)Nc1cnc(Nc2ccc(C(=O)NCCN3CCCC3)cc2)nc1. The van der Waals surface area contributed by atoms with Crippen LogP contribution in [0, 0.1) is 13.8 Å². The number of anilines is 3. The number of carbonyl (C=O) groups is 2. The first-order chi connectivity index (χ1) is 16.5. The van der Waals surface area contributed by atoms with Crippen LogP contribution in [0.1, 0.15) is 44.7 Å². The van der Waals surface area contributed by atoms with Gasteiger partial charge in [0.05, 0.1) is 18.1 Å². The Bertz CT molecular complexity index is 1120. The number of likely N-dealkylation sites (tertiary alicyclic amines) is 1. The second-order valence-corrected chi connectivity index (χ2v) is 8.52. The molecule has 3 aromatic rings. The van der Waals surface area contributed by atoms with Gasteiger partial charge in [-0.1, -0.05) is 18.2 Å². The number of nitrogens with one attached hydrogen (secondary N) is 3. The van der Waals surface area contributed by atoms with Gasteiger partial charge in [0.1, 0.15) is 0 Å². The van der Waals surface area contributed by atoms with Gasteiger partial charge in [-0.15, -0.1) is 0 Å². The summed E-state index contributed by atoms with van der Waals surface area (Å²) in [5, 5.41) is 8.93. The maximum Gasteiger partial charge on any atom is 0.256 e. The van der Waals surface area contributed by atoms with Crippen molar-refractivity contribution in [3.05, 3.63) is 77.1 Å². The van der Waals surface area contributed by atoms with Crippen LogP contribution in [0.4, 0.5) is 17.3 Å². The number of rotatable bonds is 8. The van der Waals surface area contributed by atoms with Crippen molar-refractivity contribution in [1.82, 2.24) is 20.2 Å². The van der Waals surface area contributed by atoms with Crippen molar-refractivity contribution in [1.29, 1.82) is 0 Å². The third-order valence-electron chi connectivity index (χ3n) is 5.93. The first-order valence-electron chi connectivity index (χ1n) is 11.6. The maximum atomic E-state index is 12.6. The predicted molar refractivity (Wildman–Crippen MR) is 134 cm³/mol. The lowest BCUT2D eigenvalue weighted by atomic mass is 10.0. The van der Waals surface area contributed by atoms with Gasteiger partial charge in [-0.25, -0.2) is 9.97 Å².